The molecule has 1 aliphatic heterocycles. The van der Waals surface area contributed by atoms with E-state index < -0.39 is 0 Å². The Morgan fingerprint density at radius 3 is 2.61 bits per heavy atom. The number of hydrogen-bond donors (Lipinski definition) is 1. The summed E-state index contributed by atoms with van der Waals surface area (Å²) in [5.74, 6) is 2.16. The molecular weight excluding hydrogens is 286 g/mol. The van der Waals surface area contributed by atoms with E-state index in [-0.39, 0.29) is 0 Å². The molecule has 1 aromatic carbocycles. The van der Waals surface area contributed by atoms with Crippen LogP contribution in [0, 0.1) is 26.7 Å². The van der Waals surface area contributed by atoms with Gasteiger partial charge in [-0.15, -0.1) is 5.10 Å². The summed E-state index contributed by atoms with van der Waals surface area (Å²) < 4.78 is 0. The van der Waals surface area contributed by atoms with Gasteiger partial charge < -0.3 is 10.2 Å². The summed E-state index contributed by atoms with van der Waals surface area (Å²) in [7, 11) is 0. The van der Waals surface area contributed by atoms with E-state index in [1.807, 2.05) is 0 Å². The average molecular weight is 311 g/mol. The molecule has 0 spiro atoms. The summed E-state index contributed by atoms with van der Waals surface area (Å²) in [5.41, 5.74) is 4.81. The number of rotatable bonds is 3. The van der Waals surface area contributed by atoms with Crippen LogP contribution in [0.3, 0.4) is 0 Å². The van der Waals surface area contributed by atoms with E-state index in [9.17, 15) is 0 Å². The van der Waals surface area contributed by atoms with Gasteiger partial charge in [-0.2, -0.15) is 10.1 Å². The Hall–Kier alpha value is -2.17. The maximum absolute atomic E-state index is 4.67. The van der Waals surface area contributed by atoms with Gasteiger partial charge in [-0.3, -0.25) is 0 Å². The fourth-order valence-corrected chi connectivity index (χ4v) is 3.36. The zero-order chi connectivity index (χ0) is 16.4. The summed E-state index contributed by atoms with van der Waals surface area (Å²) in [5, 5.41) is 11.8. The minimum absolute atomic E-state index is 0.686. The molecule has 1 aromatic heterocycles. The number of aryl methyl sites for hydroxylation is 3. The highest BCUT2D eigenvalue weighted by molar-refractivity contribution is 5.65. The van der Waals surface area contributed by atoms with E-state index in [1.165, 1.54) is 29.5 Å². The molecule has 2 heterocycles. The molecule has 5 heteroatoms. The Kier molecular flexibility index (Phi) is 4.46. The van der Waals surface area contributed by atoms with Crippen LogP contribution in [0.4, 0.5) is 17.5 Å². The third kappa shape index (κ3) is 3.60. The van der Waals surface area contributed by atoms with Crippen LogP contribution >= 0.6 is 0 Å². The van der Waals surface area contributed by atoms with Crippen LogP contribution in [-0.4, -0.2) is 28.3 Å². The SMILES string of the molecule is Cc1cc(C)c(Nc2cnnc(N3CCCC(C)C3)n2)c(C)c1. The van der Waals surface area contributed by atoms with Gasteiger partial charge in [-0.25, -0.2) is 0 Å². The van der Waals surface area contributed by atoms with Crippen molar-refractivity contribution in [3.8, 4) is 0 Å². The lowest BCUT2D eigenvalue weighted by atomic mass is 10.0. The lowest BCUT2D eigenvalue weighted by Crippen LogP contribution is -2.35. The maximum Gasteiger partial charge on any atom is 0.247 e. The Bertz CT molecular complexity index is 675. The molecule has 0 bridgehead atoms. The monoisotopic (exact) mass is 311 g/mol. The van der Waals surface area contributed by atoms with E-state index in [1.54, 1.807) is 6.20 Å². The quantitative estimate of drug-likeness (QED) is 0.935. The molecule has 0 radical (unpaired) electrons. The van der Waals surface area contributed by atoms with Crippen molar-refractivity contribution in [2.45, 2.75) is 40.5 Å². The summed E-state index contributed by atoms with van der Waals surface area (Å²) >= 11 is 0. The van der Waals surface area contributed by atoms with Crippen molar-refractivity contribution in [3.05, 3.63) is 35.0 Å². The summed E-state index contributed by atoms with van der Waals surface area (Å²) in [4.78, 5) is 6.91. The van der Waals surface area contributed by atoms with Crippen LogP contribution in [-0.2, 0) is 0 Å². The molecule has 1 N–H and O–H groups in total. The van der Waals surface area contributed by atoms with Crippen LogP contribution in [0.15, 0.2) is 18.3 Å². The Morgan fingerprint density at radius 2 is 1.91 bits per heavy atom. The lowest BCUT2D eigenvalue weighted by molar-refractivity contribution is 0.441. The topological polar surface area (TPSA) is 53.9 Å². The van der Waals surface area contributed by atoms with Gasteiger partial charge in [0.25, 0.3) is 0 Å². The molecular formula is C18H25N5. The number of piperidine rings is 1. The standard InChI is InChI=1S/C18H25N5/c1-12-6-5-7-23(11-12)18-21-16(10-19-22-18)20-17-14(3)8-13(2)9-15(17)4/h8-10,12H,5-7,11H2,1-4H3,(H,20,21,22). The summed E-state index contributed by atoms with van der Waals surface area (Å²) in [6, 6.07) is 4.36. The molecule has 1 unspecified atom stereocenters. The van der Waals surface area contributed by atoms with Crippen LogP contribution in [0.2, 0.25) is 0 Å². The minimum atomic E-state index is 0.686. The molecule has 3 rings (SSSR count). The molecule has 2 aromatic rings. The van der Waals surface area contributed by atoms with E-state index in [0.717, 1.165) is 30.5 Å². The zero-order valence-corrected chi connectivity index (χ0v) is 14.4. The van der Waals surface area contributed by atoms with Gasteiger partial charge >= 0.3 is 0 Å². The molecule has 0 aliphatic carbocycles. The van der Waals surface area contributed by atoms with E-state index in [0.29, 0.717) is 5.92 Å². The number of hydrogen-bond acceptors (Lipinski definition) is 5. The molecule has 1 atom stereocenters. The first-order valence-electron chi connectivity index (χ1n) is 8.32. The highest BCUT2D eigenvalue weighted by atomic mass is 15.3. The van der Waals surface area contributed by atoms with Gasteiger partial charge in [0.15, 0.2) is 5.82 Å². The first-order chi connectivity index (χ1) is 11.0. The molecule has 5 nitrogen and oxygen atoms in total. The van der Waals surface area contributed by atoms with E-state index in [2.05, 4.69) is 65.2 Å². The van der Waals surface area contributed by atoms with E-state index >= 15 is 0 Å². The number of nitrogens with zero attached hydrogens (tertiary/aromatic N) is 4. The number of nitrogens with one attached hydrogen (secondary N) is 1. The van der Waals surface area contributed by atoms with Gasteiger partial charge in [-0.05, 0) is 50.7 Å². The smallest absolute Gasteiger partial charge is 0.247 e. The summed E-state index contributed by atoms with van der Waals surface area (Å²) in [6.45, 7) is 10.6. The van der Waals surface area contributed by atoms with Crippen molar-refractivity contribution in [2.75, 3.05) is 23.3 Å². The first-order valence-corrected chi connectivity index (χ1v) is 8.32. The Balaban J connectivity index is 1.83. The van der Waals surface area contributed by atoms with Crippen molar-refractivity contribution in [2.24, 2.45) is 5.92 Å². The highest BCUT2D eigenvalue weighted by Gasteiger charge is 2.19. The Labute approximate surface area is 138 Å². The minimum Gasteiger partial charge on any atom is -0.339 e. The molecule has 122 valence electrons. The Morgan fingerprint density at radius 1 is 1.17 bits per heavy atom. The fraction of sp³-hybridized carbons (Fsp3) is 0.500. The van der Waals surface area contributed by atoms with Gasteiger partial charge in [0.05, 0.1) is 6.20 Å². The molecule has 0 saturated carbocycles. The molecule has 1 aliphatic rings. The number of aromatic nitrogens is 3. The average Bonchev–Trinajstić information content (AvgIpc) is 2.51. The molecule has 1 saturated heterocycles. The van der Waals surface area contributed by atoms with Gasteiger partial charge in [0.2, 0.25) is 5.95 Å². The van der Waals surface area contributed by atoms with Crippen molar-refractivity contribution < 1.29 is 0 Å². The van der Waals surface area contributed by atoms with Crippen LogP contribution < -0.4 is 10.2 Å². The number of benzene rings is 1. The van der Waals surface area contributed by atoms with Crippen molar-refractivity contribution >= 4 is 17.5 Å². The highest BCUT2D eigenvalue weighted by Crippen LogP contribution is 2.26. The summed E-state index contributed by atoms with van der Waals surface area (Å²) in [6.07, 6.45) is 4.16. The van der Waals surface area contributed by atoms with Crippen molar-refractivity contribution in [1.29, 1.82) is 0 Å². The first kappa shape index (κ1) is 15.7. The van der Waals surface area contributed by atoms with Crippen LogP contribution in [0.1, 0.15) is 36.5 Å². The van der Waals surface area contributed by atoms with Crippen molar-refractivity contribution in [1.82, 2.24) is 15.2 Å². The van der Waals surface area contributed by atoms with E-state index in [4.69, 9.17) is 0 Å². The van der Waals surface area contributed by atoms with Crippen molar-refractivity contribution in [3.63, 3.8) is 0 Å². The predicted molar refractivity (Wildman–Crippen MR) is 94.4 cm³/mol. The van der Waals surface area contributed by atoms with Gasteiger partial charge in [-0.1, -0.05) is 24.6 Å². The van der Waals surface area contributed by atoms with Gasteiger partial charge in [0, 0.05) is 18.8 Å². The molecule has 0 amide bonds. The third-order valence-corrected chi connectivity index (χ3v) is 4.42. The van der Waals surface area contributed by atoms with Gasteiger partial charge in [0.1, 0.15) is 0 Å². The second-order valence-electron chi connectivity index (χ2n) is 6.73. The second-order valence-corrected chi connectivity index (χ2v) is 6.73. The second kappa shape index (κ2) is 6.52. The molecule has 1 fully saturated rings. The number of anilines is 3. The molecule has 23 heavy (non-hydrogen) atoms. The van der Waals surface area contributed by atoms with Crippen LogP contribution in [0.5, 0.6) is 0 Å². The van der Waals surface area contributed by atoms with Crippen LogP contribution in [0.25, 0.3) is 0 Å². The lowest BCUT2D eigenvalue weighted by Gasteiger charge is -2.30. The largest absolute Gasteiger partial charge is 0.339 e. The normalized spacial score (nSPS) is 18.1. The zero-order valence-electron chi connectivity index (χ0n) is 14.4. The fourth-order valence-electron chi connectivity index (χ4n) is 3.36. The predicted octanol–water partition coefficient (Wildman–Crippen LogP) is 3.78. The third-order valence-electron chi connectivity index (χ3n) is 4.42. The maximum atomic E-state index is 4.67.